The number of nitrogens with zero attached hydrogens (tertiary/aromatic N) is 2. The van der Waals surface area contributed by atoms with Crippen molar-refractivity contribution in [2.24, 2.45) is 0 Å². The van der Waals surface area contributed by atoms with Crippen LogP contribution in [-0.4, -0.2) is 21.7 Å². The Morgan fingerprint density at radius 3 is 2.71 bits per heavy atom. The smallest absolute Gasteiger partial charge is 0.172 e. The Hall–Kier alpha value is -1.97. The predicted octanol–water partition coefficient (Wildman–Crippen LogP) is 1.21. The van der Waals surface area contributed by atoms with Gasteiger partial charge >= 0.3 is 0 Å². The molecule has 1 heterocycles. The Balaban J connectivity index is 2.23. The Labute approximate surface area is 81.0 Å². The molecule has 0 atom stereocenters. The van der Waals surface area contributed by atoms with Crippen LogP contribution in [0, 0.1) is 0 Å². The average molecular weight is 187 g/mol. The number of aldehydes is 1. The Morgan fingerprint density at radius 1 is 1.21 bits per heavy atom. The fraction of sp³-hybridized carbons (Fsp3) is 0.100. The summed E-state index contributed by atoms with van der Waals surface area (Å²) < 4.78 is 0. The molecular weight excluding hydrogens is 178 g/mol. The lowest BCUT2D eigenvalue weighted by atomic mass is 10.1. The molecule has 1 aromatic carbocycles. The van der Waals surface area contributed by atoms with Crippen LogP contribution in [0.4, 0.5) is 0 Å². The first-order valence-corrected chi connectivity index (χ1v) is 4.29. The zero-order valence-electron chi connectivity index (χ0n) is 7.47. The number of H-pyrrole nitrogens is 1. The minimum atomic E-state index is 0.383. The van der Waals surface area contributed by atoms with Crippen molar-refractivity contribution in [3.8, 4) is 0 Å². The standard InChI is InChI=1S/C10H9N3O/c14-7-10-9(11-13-12-10)6-8-4-2-1-3-5-8/h1-5,7H,6H2,(H,11,12,13). The summed E-state index contributed by atoms with van der Waals surface area (Å²) >= 11 is 0. The molecule has 4 heteroatoms. The maximum absolute atomic E-state index is 10.6. The SMILES string of the molecule is O=Cc1n[nH]nc1Cc1ccccc1. The number of hydrogen-bond donors (Lipinski definition) is 1. The molecule has 70 valence electrons. The van der Waals surface area contributed by atoms with Gasteiger partial charge in [-0.3, -0.25) is 4.79 Å². The molecule has 0 amide bonds. The first-order valence-electron chi connectivity index (χ1n) is 4.29. The van der Waals surface area contributed by atoms with Gasteiger partial charge in [0.2, 0.25) is 0 Å². The Kier molecular flexibility index (Phi) is 2.36. The predicted molar refractivity (Wildman–Crippen MR) is 51.0 cm³/mol. The lowest BCUT2D eigenvalue weighted by molar-refractivity contribution is 0.111. The number of hydrogen-bond acceptors (Lipinski definition) is 3. The molecule has 0 aliphatic heterocycles. The van der Waals surface area contributed by atoms with E-state index in [4.69, 9.17) is 0 Å². The number of nitrogens with one attached hydrogen (secondary N) is 1. The fourth-order valence-corrected chi connectivity index (χ4v) is 1.27. The lowest BCUT2D eigenvalue weighted by Crippen LogP contribution is -1.93. The lowest BCUT2D eigenvalue weighted by Gasteiger charge is -1.96. The van der Waals surface area contributed by atoms with Crippen LogP contribution in [-0.2, 0) is 6.42 Å². The van der Waals surface area contributed by atoms with E-state index in [1.54, 1.807) is 0 Å². The van der Waals surface area contributed by atoms with E-state index in [-0.39, 0.29) is 0 Å². The van der Waals surface area contributed by atoms with Gasteiger partial charge in [0.1, 0.15) is 5.69 Å². The van der Waals surface area contributed by atoms with E-state index in [0.29, 0.717) is 24.1 Å². The third-order valence-corrected chi connectivity index (χ3v) is 1.98. The number of benzene rings is 1. The van der Waals surface area contributed by atoms with Gasteiger partial charge in [0.25, 0.3) is 0 Å². The maximum Gasteiger partial charge on any atom is 0.172 e. The van der Waals surface area contributed by atoms with Gasteiger partial charge < -0.3 is 0 Å². The van der Waals surface area contributed by atoms with Crippen LogP contribution in [0.2, 0.25) is 0 Å². The van der Waals surface area contributed by atoms with Crippen molar-refractivity contribution in [2.75, 3.05) is 0 Å². The minimum Gasteiger partial charge on any atom is -0.296 e. The second kappa shape index (κ2) is 3.83. The zero-order valence-corrected chi connectivity index (χ0v) is 7.47. The first-order chi connectivity index (χ1) is 6.90. The highest BCUT2D eigenvalue weighted by Gasteiger charge is 2.06. The monoisotopic (exact) mass is 187 g/mol. The number of carbonyl (C=O) groups is 1. The van der Waals surface area contributed by atoms with E-state index in [1.807, 2.05) is 30.3 Å². The highest BCUT2D eigenvalue weighted by molar-refractivity contribution is 5.73. The normalized spacial score (nSPS) is 10.0. The number of carbonyl (C=O) groups excluding carboxylic acids is 1. The Bertz CT molecular complexity index is 422. The van der Waals surface area contributed by atoms with Gasteiger partial charge in [-0.2, -0.15) is 15.4 Å². The van der Waals surface area contributed by atoms with Crippen LogP contribution in [0.3, 0.4) is 0 Å². The van der Waals surface area contributed by atoms with Gasteiger partial charge in [0.05, 0.1) is 5.69 Å². The first kappa shape index (κ1) is 8.62. The topological polar surface area (TPSA) is 58.6 Å². The number of aromatic amines is 1. The highest BCUT2D eigenvalue weighted by Crippen LogP contribution is 2.07. The van der Waals surface area contributed by atoms with Crippen molar-refractivity contribution in [2.45, 2.75) is 6.42 Å². The Morgan fingerprint density at radius 2 is 2.00 bits per heavy atom. The number of aromatic nitrogens is 3. The van der Waals surface area contributed by atoms with E-state index in [2.05, 4.69) is 15.4 Å². The van der Waals surface area contributed by atoms with Gasteiger partial charge in [-0.1, -0.05) is 30.3 Å². The van der Waals surface area contributed by atoms with Crippen LogP contribution in [0.1, 0.15) is 21.7 Å². The molecule has 0 spiro atoms. The van der Waals surface area contributed by atoms with Crippen LogP contribution in [0.25, 0.3) is 0 Å². The van der Waals surface area contributed by atoms with E-state index in [0.717, 1.165) is 5.56 Å². The van der Waals surface area contributed by atoms with Gasteiger partial charge in [-0.25, -0.2) is 0 Å². The molecule has 0 aliphatic rings. The summed E-state index contributed by atoms with van der Waals surface area (Å²) in [6.07, 6.45) is 1.34. The molecular formula is C10H9N3O. The van der Waals surface area contributed by atoms with Crippen molar-refractivity contribution in [1.82, 2.24) is 15.4 Å². The minimum absolute atomic E-state index is 0.383. The molecule has 0 unspecified atom stereocenters. The molecule has 0 radical (unpaired) electrons. The van der Waals surface area contributed by atoms with Crippen LogP contribution in [0.15, 0.2) is 30.3 Å². The molecule has 4 nitrogen and oxygen atoms in total. The summed E-state index contributed by atoms with van der Waals surface area (Å²) in [6.45, 7) is 0. The molecule has 0 saturated heterocycles. The van der Waals surface area contributed by atoms with E-state index < -0.39 is 0 Å². The van der Waals surface area contributed by atoms with E-state index in [1.165, 1.54) is 0 Å². The largest absolute Gasteiger partial charge is 0.296 e. The summed E-state index contributed by atoms with van der Waals surface area (Å²) in [5.41, 5.74) is 2.18. The van der Waals surface area contributed by atoms with Crippen LogP contribution >= 0.6 is 0 Å². The molecule has 0 aliphatic carbocycles. The maximum atomic E-state index is 10.6. The van der Waals surface area contributed by atoms with Crippen molar-refractivity contribution in [3.63, 3.8) is 0 Å². The van der Waals surface area contributed by atoms with Crippen molar-refractivity contribution < 1.29 is 4.79 Å². The second-order valence-electron chi connectivity index (χ2n) is 2.94. The molecule has 0 fully saturated rings. The molecule has 0 saturated carbocycles. The summed E-state index contributed by atoms with van der Waals surface area (Å²) in [6, 6.07) is 9.84. The summed E-state index contributed by atoms with van der Waals surface area (Å²) in [5, 5.41) is 10.1. The van der Waals surface area contributed by atoms with E-state index >= 15 is 0 Å². The third kappa shape index (κ3) is 1.69. The third-order valence-electron chi connectivity index (χ3n) is 1.98. The highest BCUT2D eigenvalue weighted by atomic mass is 16.1. The van der Waals surface area contributed by atoms with Gasteiger partial charge in [0, 0.05) is 6.42 Å². The summed E-state index contributed by atoms with van der Waals surface area (Å²) in [4.78, 5) is 10.6. The van der Waals surface area contributed by atoms with Gasteiger partial charge in [-0.05, 0) is 5.56 Å². The van der Waals surface area contributed by atoms with Crippen LogP contribution in [0.5, 0.6) is 0 Å². The summed E-state index contributed by atoms with van der Waals surface area (Å²) in [7, 11) is 0. The molecule has 0 bridgehead atoms. The second-order valence-corrected chi connectivity index (χ2v) is 2.94. The molecule has 14 heavy (non-hydrogen) atoms. The molecule has 1 aromatic heterocycles. The molecule has 1 N–H and O–H groups in total. The van der Waals surface area contributed by atoms with E-state index in [9.17, 15) is 4.79 Å². The number of rotatable bonds is 3. The van der Waals surface area contributed by atoms with Crippen LogP contribution < -0.4 is 0 Å². The fourth-order valence-electron chi connectivity index (χ4n) is 1.27. The van der Waals surface area contributed by atoms with Crippen molar-refractivity contribution in [1.29, 1.82) is 0 Å². The average Bonchev–Trinajstić information content (AvgIpc) is 2.67. The zero-order chi connectivity index (χ0) is 9.80. The molecule has 2 aromatic rings. The van der Waals surface area contributed by atoms with Crippen molar-refractivity contribution in [3.05, 3.63) is 47.3 Å². The quantitative estimate of drug-likeness (QED) is 0.734. The summed E-state index contributed by atoms with van der Waals surface area (Å²) in [5.74, 6) is 0. The van der Waals surface area contributed by atoms with Gasteiger partial charge in [0.15, 0.2) is 6.29 Å². The van der Waals surface area contributed by atoms with Crippen molar-refractivity contribution >= 4 is 6.29 Å². The molecule has 2 rings (SSSR count). The van der Waals surface area contributed by atoms with Gasteiger partial charge in [-0.15, -0.1) is 0 Å².